The molecule has 19 heteroatoms. The standard InChI is InChI=1S/C65H83ClN10O8/c1-64(2)55-21-13-14-22-56(55)75(35-15-5-7-23-60(77)69-31-37-79-41-45-83-47-43-81-39-33-71-73-67)58(64)29-26-53-51-19-11-12-20-52(51)54(63(53)66)27-30-59-65(3,4)62-50-18-10-9-17-49(50)25-28-57(62)76(59)36-16-6-8-24-61(78)70-32-38-80-42-46-84-48-44-82-40-34-72-74-68/h9-14,17-22,25-30H,5-8,15-16,23-24,31-48H2,1-4H3,(H-,69,70,77,78)/p+1. The Hall–Kier alpha value is -6.82. The summed E-state index contributed by atoms with van der Waals surface area (Å²) in [5.74, 6) is 0.0466. The Bertz CT molecular complexity index is 3100. The maximum atomic E-state index is 12.8. The molecule has 0 unspecified atom stereocenters. The molecule has 2 aliphatic heterocycles. The number of unbranched alkanes of at least 4 members (excludes halogenated alkanes) is 4. The summed E-state index contributed by atoms with van der Waals surface area (Å²) in [7, 11) is 0. The number of carbonyl (C=O) groups is 2. The van der Waals surface area contributed by atoms with Gasteiger partial charge in [0.05, 0.1) is 89.7 Å². The van der Waals surface area contributed by atoms with Crippen molar-refractivity contribution in [3.8, 4) is 0 Å². The number of rotatable bonds is 39. The van der Waals surface area contributed by atoms with E-state index in [2.05, 4.69) is 177 Å². The predicted octanol–water partition coefficient (Wildman–Crippen LogP) is 12.6. The average molecular weight is 1170 g/mol. The highest BCUT2D eigenvalue weighted by atomic mass is 35.5. The Morgan fingerprint density at radius 2 is 1.15 bits per heavy atom. The first-order valence-electron chi connectivity index (χ1n) is 29.6. The summed E-state index contributed by atoms with van der Waals surface area (Å²) in [5, 5.41) is 16.0. The van der Waals surface area contributed by atoms with Crippen molar-refractivity contribution < 1.29 is 42.6 Å². The van der Waals surface area contributed by atoms with E-state index in [4.69, 9.17) is 51.1 Å². The van der Waals surface area contributed by atoms with Gasteiger partial charge in [0.1, 0.15) is 6.54 Å². The minimum absolute atomic E-state index is 0.0223. The largest absolute Gasteiger partial charge is 0.379 e. The van der Waals surface area contributed by atoms with Crippen LogP contribution in [0.2, 0.25) is 0 Å². The first-order chi connectivity index (χ1) is 41.0. The lowest BCUT2D eigenvalue weighted by molar-refractivity contribution is -0.438. The van der Waals surface area contributed by atoms with Crippen molar-refractivity contribution in [2.24, 2.45) is 10.2 Å². The maximum Gasteiger partial charge on any atom is 0.220 e. The molecule has 448 valence electrons. The average Bonchev–Trinajstić information content (AvgIpc) is 2.97. The summed E-state index contributed by atoms with van der Waals surface area (Å²) in [6, 6.07) is 30.3. The second-order valence-electron chi connectivity index (χ2n) is 21.8. The minimum Gasteiger partial charge on any atom is -0.379 e. The van der Waals surface area contributed by atoms with Crippen LogP contribution < -0.4 is 15.5 Å². The van der Waals surface area contributed by atoms with E-state index >= 15 is 0 Å². The van der Waals surface area contributed by atoms with Gasteiger partial charge in [0.15, 0.2) is 5.71 Å². The van der Waals surface area contributed by atoms with Crippen molar-refractivity contribution in [2.75, 3.05) is 123 Å². The second-order valence-corrected chi connectivity index (χ2v) is 22.2. The van der Waals surface area contributed by atoms with Crippen LogP contribution in [0.1, 0.15) is 101 Å². The third-order valence-electron chi connectivity index (χ3n) is 15.3. The molecule has 4 aromatic rings. The van der Waals surface area contributed by atoms with Gasteiger partial charge in [-0.25, -0.2) is 0 Å². The number of hydrogen-bond donors (Lipinski definition) is 2. The summed E-state index contributed by atoms with van der Waals surface area (Å²) >= 11 is 7.60. The van der Waals surface area contributed by atoms with Gasteiger partial charge in [-0.15, -0.1) is 0 Å². The van der Waals surface area contributed by atoms with Crippen molar-refractivity contribution in [3.05, 3.63) is 163 Å². The Labute approximate surface area is 500 Å². The molecule has 0 spiro atoms. The first kappa shape index (κ1) is 64.7. The Balaban J connectivity index is 0.955. The van der Waals surface area contributed by atoms with E-state index in [-0.39, 0.29) is 22.6 Å². The van der Waals surface area contributed by atoms with Gasteiger partial charge in [0.2, 0.25) is 17.5 Å². The summed E-state index contributed by atoms with van der Waals surface area (Å²) in [5.41, 5.74) is 27.6. The van der Waals surface area contributed by atoms with Crippen LogP contribution in [0.15, 0.2) is 130 Å². The molecule has 4 aromatic carbocycles. The molecular formula is C65H84ClN10O8+. The third kappa shape index (κ3) is 18.1. The van der Waals surface area contributed by atoms with Gasteiger partial charge in [-0.2, -0.15) is 4.58 Å². The highest BCUT2D eigenvalue weighted by Gasteiger charge is 2.46. The van der Waals surface area contributed by atoms with Crippen LogP contribution in [0.3, 0.4) is 0 Å². The number of allylic oxidation sites excluding steroid dienone is 8. The van der Waals surface area contributed by atoms with E-state index in [1.54, 1.807) is 0 Å². The van der Waals surface area contributed by atoms with Crippen LogP contribution in [0, 0.1) is 0 Å². The van der Waals surface area contributed by atoms with Crippen molar-refractivity contribution in [1.82, 2.24) is 10.6 Å². The van der Waals surface area contributed by atoms with Crippen molar-refractivity contribution in [3.63, 3.8) is 0 Å². The van der Waals surface area contributed by atoms with E-state index in [1.807, 2.05) is 0 Å². The number of halogens is 1. The van der Waals surface area contributed by atoms with E-state index in [9.17, 15) is 9.59 Å². The van der Waals surface area contributed by atoms with Gasteiger partial charge < -0.3 is 44.0 Å². The normalized spacial score (nSPS) is 15.7. The molecule has 0 bridgehead atoms. The summed E-state index contributed by atoms with van der Waals surface area (Å²) in [6.45, 7) is 17.3. The van der Waals surface area contributed by atoms with Gasteiger partial charge >= 0.3 is 0 Å². The van der Waals surface area contributed by atoms with Crippen molar-refractivity contribution in [1.29, 1.82) is 0 Å². The number of carbonyl (C=O) groups excluding carboxylic acids is 2. The molecule has 2 heterocycles. The van der Waals surface area contributed by atoms with Crippen LogP contribution in [0.5, 0.6) is 0 Å². The number of azide groups is 2. The third-order valence-corrected chi connectivity index (χ3v) is 15.8. The molecule has 84 heavy (non-hydrogen) atoms. The van der Waals surface area contributed by atoms with Gasteiger partial charge in [-0.1, -0.05) is 115 Å². The number of nitrogens with one attached hydrogen (secondary N) is 2. The molecule has 1 aliphatic carbocycles. The highest BCUT2D eigenvalue weighted by Crippen LogP contribution is 2.50. The number of ether oxygens (including phenoxy) is 6. The van der Waals surface area contributed by atoms with Crippen LogP contribution in [0.25, 0.3) is 42.8 Å². The van der Waals surface area contributed by atoms with E-state index in [0.29, 0.717) is 123 Å². The molecular weight excluding hydrogens is 1080 g/mol. The zero-order valence-electron chi connectivity index (χ0n) is 49.5. The molecule has 2 amide bonds. The molecule has 0 aromatic heterocycles. The Morgan fingerprint density at radius 3 is 1.79 bits per heavy atom. The Morgan fingerprint density at radius 1 is 0.607 bits per heavy atom. The molecule has 2 N–H and O–H groups in total. The quantitative estimate of drug-likeness (QED) is 0.0143. The summed E-state index contributed by atoms with van der Waals surface area (Å²) in [4.78, 5) is 33.3. The van der Waals surface area contributed by atoms with Gasteiger partial charge in [0.25, 0.3) is 0 Å². The van der Waals surface area contributed by atoms with E-state index < -0.39 is 0 Å². The van der Waals surface area contributed by atoms with E-state index in [1.165, 1.54) is 44.7 Å². The zero-order chi connectivity index (χ0) is 59.4. The fraction of sp³-hybridized carbons (Fsp3) is 0.492. The fourth-order valence-electron chi connectivity index (χ4n) is 11.2. The summed E-state index contributed by atoms with van der Waals surface area (Å²) < 4.78 is 35.3. The molecule has 7 rings (SSSR count). The van der Waals surface area contributed by atoms with Crippen molar-refractivity contribution >= 4 is 62.4 Å². The molecule has 18 nitrogen and oxygen atoms in total. The SMILES string of the molecule is CC1(C)C(=CC=C2C(Cl)=C(C=CC3=[N+](CCCCCC(=O)NCCOCCOCCOCCN=[N+]=[N-])c4ccc5ccccc5c4C3(C)C)c3ccccc32)N(CCCCCC(=O)NCCOCCOCCOCCN=[N+]=[N-])c2ccccc21. The number of fused-ring (bicyclic) bond motifs is 5. The van der Waals surface area contributed by atoms with Gasteiger partial charge in [-0.3, -0.25) is 9.59 Å². The lowest BCUT2D eigenvalue weighted by atomic mass is 9.79. The lowest BCUT2D eigenvalue weighted by Crippen LogP contribution is -2.28. The molecule has 0 radical (unpaired) electrons. The second kappa shape index (κ2) is 34.2. The number of amides is 2. The number of anilines is 1. The molecule has 0 saturated carbocycles. The minimum atomic E-state index is -0.320. The highest BCUT2D eigenvalue weighted by molar-refractivity contribution is 6.42. The van der Waals surface area contributed by atoms with E-state index in [0.717, 1.165) is 73.9 Å². The fourth-order valence-corrected chi connectivity index (χ4v) is 11.5. The van der Waals surface area contributed by atoms with Gasteiger partial charge in [-0.05, 0) is 102 Å². The van der Waals surface area contributed by atoms with Crippen LogP contribution in [-0.4, -0.2) is 141 Å². The topological polar surface area (TPSA) is 217 Å². The predicted molar refractivity (Wildman–Crippen MR) is 334 cm³/mol. The smallest absolute Gasteiger partial charge is 0.220 e. The summed E-state index contributed by atoms with van der Waals surface area (Å²) in [6.07, 6.45) is 15.1. The maximum absolute atomic E-state index is 12.8. The number of benzene rings is 4. The molecule has 0 fully saturated rings. The Kier molecular flexibility index (Phi) is 26.4. The molecule has 3 aliphatic rings. The van der Waals surface area contributed by atoms with Gasteiger partial charge in [0, 0.05) is 107 Å². The van der Waals surface area contributed by atoms with Crippen LogP contribution in [0.4, 0.5) is 11.4 Å². The zero-order valence-corrected chi connectivity index (χ0v) is 50.3. The number of nitrogens with zero attached hydrogens (tertiary/aromatic N) is 8. The first-order valence-corrected chi connectivity index (χ1v) is 30.0. The van der Waals surface area contributed by atoms with Crippen LogP contribution >= 0.6 is 11.6 Å². The number of para-hydroxylation sites is 1. The number of hydrogen-bond acceptors (Lipinski definition) is 11. The molecule has 0 saturated heterocycles. The van der Waals surface area contributed by atoms with Crippen molar-refractivity contribution in [2.45, 2.75) is 89.9 Å². The monoisotopic (exact) mass is 1170 g/mol. The molecule has 0 atom stereocenters. The van der Waals surface area contributed by atoms with Crippen LogP contribution in [-0.2, 0) is 48.8 Å². The lowest BCUT2D eigenvalue weighted by Gasteiger charge is -2.27.